The number of rotatable bonds is 2. The molecule has 0 radical (unpaired) electrons. The van der Waals surface area contributed by atoms with Crippen molar-refractivity contribution < 1.29 is 0 Å². The Kier molecular flexibility index (Phi) is 2.55. The largest absolute Gasteiger partial charge is 0.278 e. The quantitative estimate of drug-likeness (QED) is 0.746. The molecule has 2 aromatic heterocycles. The average molecular weight is 238 g/mol. The van der Waals surface area contributed by atoms with Gasteiger partial charge in [-0.15, -0.1) is 0 Å². The summed E-state index contributed by atoms with van der Waals surface area (Å²) in [6.07, 6.45) is 3.44. The number of nitrogens with one attached hydrogen (secondary N) is 1. The van der Waals surface area contributed by atoms with Crippen molar-refractivity contribution in [3.05, 3.63) is 42.5 Å². The number of aromatic amines is 1. The average Bonchev–Trinajstić information content (AvgIpc) is 2.86. The van der Waals surface area contributed by atoms with Crippen molar-refractivity contribution >= 4 is 10.9 Å². The van der Waals surface area contributed by atoms with Crippen LogP contribution < -0.4 is 0 Å². The smallest absolute Gasteiger partial charge is 0.116 e. The van der Waals surface area contributed by atoms with E-state index in [-0.39, 0.29) is 0 Å². The highest BCUT2D eigenvalue weighted by atomic mass is 15.1. The zero-order valence-electron chi connectivity index (χ0n) is 10.4. The SMILES string of the molecule is CC(C)c1cc(-c2ccc3cn[nH]c3c2)ncn1. The van der Waals surface area contributed by atoms with Crippen LogP contribution >= 0.6 is 0 Å². The Balaban J connectivity index is 2.10. The van der Waals surface area contributed by atoms with Crippen molar-refractivity contribution in [2.45, 2.75) is 19.8 Å². The second kappa shape index (κ2) is 4.22. The van der Waals surface area contributed by atoms with Crippen LogP contribution in [0.5, 0.6) is 0 Å². The van der Waals surface area contributed by atoms with E-state index in [1.165, 1.54) is 0 Å². The predicted molar refractivity (Wildman–Crippen MR) is 71.2 cm³/mol. The summed E-state index contributed by atoms with van der Waals surface area (Å²) >= 11 is 0. The van der Waals surface area contributed by atoms with Gasteiger partial charge in [0.15, 0.2) is 0 Å². The lowest BCUT2D eigenvalue weighted by molar-refractivity contribution is 0.815. The van der Waals surface area contributed by atoms with Crippen molar-refractivity contribution in [3.8, 4) is 11.3 Å². The van der Waals surface area contributed by atoms with Gasteiger partial charge in [-0.1, -0.05) is 26.0 Å². The van der Waals surface area contributed by atoms with Gasteiger partial charge < -0.3 is 0 Å². The fourth-order valence-electron chi connectivity index (χ4n) is 1.94. The third-order valence-electron chi connectivity index (χ3n) is 3.02. The number of hydrogen-bond donors (Lipinski definition) is 1. The van der Waals surface area contributed by atoms with E-state index in [0.717, 1.165) is 27.9 Å². The van der Waals surface area contributed by atoms with Gasteiger partial charge in [0.25, 0.3) is 0 Å². The molecule has 4 nitrogen and oxygen atoms in total. The maximum absolute atomic E-state index is 4.34. The molecule has 0 amide bonds. The molecule has 0 unspecified atom stereocenters. The molecule has 2 heterocycles. The second-order valence-electron chi connectivity index (χ2n) is 4.65. The first-order chi connectivity index (χ1) is 8.74. The van der Waals surface area contributed by atoms with Crippen LogP contribution in [0.15, 0.2) is 36.8 Å². The first-order valence-electron chi connectivity index (χ1n) is 5.99. The molecule has 90 valence electrons. The molecule has 0 saturated carbocycles. The normalized spacial score (nSPS) is 11.3. The first-order valence-corrected chi connectivity index (χ1v) is 5.99. The van der Waals surface area contributed by atoms with Gasteiger partial charge in [-0.05, 0) is 18.1 Å². The van der Waals surface area contributed by atoms with Gasteiger partial charge in [0.05, 0.1) is 17.4 Å². The highest BCUT2D eigenvalue weighted by molar-refractivity contribution is 5.83. The molecule has 0 aliphatic rings. The van der Waals surface area contributed by atoms with E-state index in [1.807, 2.05) is 18.3 Å². The monoisotopic (exact) mass is 238 g/mol. The Bertz CT molecular complexity index is 685. The summed E-state index contributed by atoms with van der Waals surface area (Å²) in [4.78, 5) is 8.62. The van der Waals surface area contributed by atoms with E-state index >= 15 is 0 Å². The van der Waals surface area contributed by atoms with Gasteiger partial charge in [0, 0.05) is 16.6 Å². The lowest BCUT2D eigenvalue weighted by atomic mass is 10.1. The van der Waals surface area contributed by atoms with E-state index in [1.54, 1.807) is 6.33 Å². The number of fused-ring (bicyclic) bond motifs is 1. The van der Waals surface area contributed by atoms with Crippen LogP contribution in [0.2, 0.25) is 0 Å². The summed E-state index contributed by atoms with van der Waals surface area (Å²) in [5.74, 6) is 0.405. The number of nitrogens with zero attached hydrogens (tertiary/aromatic N) is 3. The Morgan fingerprint density at radius 1 is 1.11 bits per heavy atom. The Labute approximate surface area is 105 Å². The highest BCUT2D eigenvalue weighted by Gasteiger charge is 2.06. The Morgan fingerprint density at radius 3 is 2.83 bits per heavy atom. The van der Waals surface area contributed by atoms with Crippen LogP contribution in [0, 0.1) is 0 Å². The first kappa shape index (κ1) is 10.9. The van der Waals surface area contributed by atoms with Gasteiger partial charge >= 0.3 is 0 Å². The van der Waals surface area contributed by atoms with Crippen molar-refractivity contribution in [2.75, 3.05) is 0 Å². The van der Waals surface area contributed by atoms with Crippen LogP contribution in [-0.4, -0.2) is 20.2 Å². The highest BCUT2D eigenvalue weighted by Crippen LogP contribution is 2.23. The number of benzene rings is 1. The molecule has 0 saturated heterocycles. The lowest BCUT2D eigenvalue weighted by Gasteiger charge is -2.06. The molecule has 0 atom stereocenters. The topological polar surface area (TPSA) is 54.5 Å². The summed E-state index contributed by atoms with van der Waals surface area (Å²) in [5, 5.41) is 8.11. The lowest BCUT2D eigenvalue weighted by Crippen LogP contribution is -1.94. The predicted octanol–water partition coefficient (Wildman–Crippen LogP) is 3.14. The molecule has 0 fully saturated rings. The van der Waals surface area contributed by atoms with Crippen LogP contribution in [0.4, 0.5) is 0 Å². The van der Waals surface area contributed by atoms with E-state index in [9.17, 15) is 0 Å². The molecule has 3 aromatic rings. The Morgan fingerprint density at radius 2 is 2.00 bits per heavy atom. The minimum Gasteiger partial charge on any atom is -0.278 e. The van der Waals surface area contributed by atoms with Gasteiger partial charge in [-0.25, -0.2) is 9.97 Å². The molecule has 3 rings (SSSR count). The minimum atomic E-state index is 0.405. The van der Waals surface area contributed by atoms with Crippen LogP contribution in [0.1, 0.15) is 25.5 Å². The summed E-state index contributed by atoms with van der Waals surface area (Å²) in [7, 11) is 0. The zero-order valence-corrected chi connectivity index (χ0v) is 10.4. The molecule has 1 aromatic carbocycles. The molecule has 0 spiro atoms. The maximum atomic E-state index is 4.34. The van der Waals surface area contributed by atoms with Crippen molar-refractivity contribution in [1.82, 2.24) is 20.2 Å². The Hall–Kier alpha value is -2.23. The number of hydrogen-bond acceptors (Lipinski definition) is 3. The summed E-state index contributed by atoms with van der Waals surface area (Å²) in [5.41, 5.74) is 4.11. The molecular formula is C14H14N4. The van der Waals surface area contributed by atoms with Gasteiger partial charge in [0.2, 0.25) is 0 Å². The third-order valence-corrected chi connectivity index (χ3v) is 3.02. The van der Waals surface area contributed by atoms with Gasteiger partial charge in [0.1, 0.15) is 6.33 Å². The minimum absolute atomic E-state index is 0.405. The van der Waals surface area contributed by atoms with E-state index < -0.39 is 0 Å². The van der Waals surface area contributed by atoms with E-state index in [4.69, 9.17) is 0 Å². The second-order valence-corrected chi connectivity index (χ2v) is 4.65. The number of aromatic nitrogens is 4. The van der Waals surface area contributed by atoms with E-state index in [0.29, 0.717) is 5.92 Å². The van der Waals surface area contributed by atoms with Crippen molar-refractivity contribution in [1.29, 1.82) is 0 Å². The van der Waals surface area contributed by atoms with Crippen LogP contribution in [-0.2, 0) is 0 Å². The zero-order chi connectivity index (χ0) is 12.5. The molecule has 0 bridgehead atoms. The molecule has 0 aliphatic heterocycles. The fourth-order valence-corrected chi connectivity index (χ4v) is 1.94. The van der Waals surface area contributed by atoms with Crippen LogP contribution in [0.25, 0.3) is 22.2 Å². The third kappa shape index (κ3) is 1.86. The van der Waals surface area contributed by atoms with Crippen molar-refractivity contribution in [2.24, 2.45) is 0 Å². The van der Waals surface area contributed by atoms with Crippen LogP contribution in [0.3, 0.4) is 0 Å². The molecule has 0 aliphatic carbocycles. The maximum Gasteiger partial charge on any atom is 0.116 e. The standard InChI is InChI=1S/C14H14N4/c1-9(2)12-6-13(16-8-15-12)10-3-4-11-7-17-18-14(11)5-10/h3-9H,1-2H3,(H,17,18). The molecule has 4 heteroatoms. The summed E-state index contributed by atoms with van der Waals surface area (Å²) in [6.45, 7) is 4.26. The molecule has 1 N–H and O–H groups in total. The molecular weight excluding hydrogens is 224 g/mol. The van der Waals surface area contributed by atoms with Crippen molar-refractivity contribution in [3.63, 3.8) is 0 Å². The summed E-state index contributed by atoms with van der Waals surface area (Å²) in [6, 6.07) is 8.21. The van der Waals surface area contributed by atoms with Gasteiger partial charge in [-0.2, -0.15) is 5.10 Å². The molecule has 18 heavy (non-hydrogen) atoms. The van der Waals surface area contributed by atoms with Gasteiger partial charge in [-0.3, -0.25) is 5.10 Å². The number of H-pyrrole nitrogens is 1. The fraction of sp³-hybridized carbons (Fsp3) is 0.214. The van der Waals surface area contributed by atoms with E-state index in [2.05, 4.69) is 46.1 Å². The summed E-state index contributed by atoms with van der Waals surface area (Å²) < 4.78 is 0.